The summed E-state index contributed by atoms with van der Waals surface area (Å²) < 4.78 is 6.76. The third-order valence-electron chi connectivity index (χ3n) is 3.97. The quantitative estimate of drug-likeness (QED) is 0.584. The fourth-order valence-electron chi connectivity index (χ4n) is 2.49. The number of rotatable bonds is 10. The lowest BCUT2D eigenvalue weighted by Crippen LogP contribution is -2.36. The lowest BCUT2D eigenvalue weighted by molar-refractivity contribution is -0.152. The van der Waals surface area contributed by atoms with Crippen molar-refractivity contribution in [3.8, 4) is 17.8 Å². The molecule has 1 aromatic carbocycles. The highest BCUT2D eigenvalue weighted by Crippen LogP contribution is 2.09. The molecule has 0 aliphatic heterocycles. The van der Waals surface area contributed by atoms with Crippen molar-refractivity contribution < 1.29 is 14.3 Å². The van der Waals surface area contributed by atoms with Crippen LogP contribution in [0.5, 0.6) is 0 Å². The molecule has 1 heterocycles. The van der Waals surface area contributed by atoms with Gasteiger partial charge in [0, 0.05) is 25.7 Å². The Labute approximate surface area is 163 Å². The Morgan fingerprint density at radius 2 is 1.79 bits per heavy atom. The first-order valence-corrected chi connectivity index (χ1v) is 8.90. The second-order valence-electron chi connectivity index (χ2n) is 5.99. The van der Waals surface area contributed by atoms with Gasteiger partial charge in [0.15, 0.2) is 6.61 Å². The molecule has 8 heteroatoms. The maximum absolute atomic E-state index is 12.1. The molecular formula is C20H21N5O3. The van der Waals surface area contributed by atoms with E-state index in [1.54, 1.807) is 10.9 Å². The second-order valence-corrected chi connectivity index (χ2v) is 5.99. The summed E-state index contributed by atoms with van der Waals surface area (Å²) in [6.45, 7) is 0.0411. The van der Waals surface area contributed by atoms with Crippen molar-refractivity contribution in [1.82, 2.24) is 14.7 Å². The van der Waals surface area contributed by atoms with E-state index in [2.05, 4.69) is 5.10 Å². The van der Waals surface area contributed by atoms with Gasteiger partial charge in [-0.3, -0.25) is 9.59 Å². The average molecular weight is 379 g/mol. The molecule has 0 bridgehead atoms. The minimum Gasteiger partial charge on any atom is -0.456 e. The largest absolute Gasteiger partial charge is 0.456 e. The number of amides is 1. The number of carbonyl (C=O) groups excluding carboxylic acids is 2. The monoisotopic (exact) mass is 379 g/mol. The van der Waals surface area contributed by atoms with E-state index < -0.39 is 11.9 Å². The molecule has 0 saturated carbocycles. The molecule has 0 fully saturated rings. The Bertz CT molecular complexity index is 846. The first-order chi connectivity index (χ1) is 13.6. The van der Waals surface area contributed by atoms with Gasteiger partial charge in [-0.1, -0.05) is 18.2 Å². The van der Waals surface area contributed by atoms with Crippen LogP contribution < -0.4 is 0 Å². The number of benzene rings is 1. The summed E-state index contributed by atoms with van der Waals surface area (Å²) in [5, 5.41) is 21.6. The van der Waals surface area contributed by atoms with E-state index in [0.29, 0.717) is 6.42 Å². The standard InChI is InChI=1S/C20H21N5O3/c21-10-4-12-24(13-5-11-22)19(26)16-28-20(27)9-8-17-14-23-25(15-17)18-6-2-1-3-7-18/h1-3,6-7,14-15H,4-5,8-9,12-13,16H2. The van der Waals surface area contributed by atoms with Crippen LogP contribution in [0.2, 0.25) is 0 Å². The third-order valence-corrected chi connectivity index (χ3v) is 3.97. The van der Waals surface area contributed by atoms with Gasteiger partial charge in [0.25, 0.3) is 5.91 Å². The van der Waals surface area contributed by atoms with Gasteiger partial charge in [-0.15, -0.1) is 0 Å². The van der Waals surface area contributed by atoms with Crippen molar-refractivity contribution in [1.29, 1.82) is 10.5 Å². The van der Waals surface area contributed by atoms with Gasteiger partial charge < -0.3 is 9.64 Å². The molecule has 144 valence electrons. The molecule has 0 aliphatic carbocycles. The zero-order chi connectivity index (χ0) is 20.2. The maximum atomic E-state index is 12.1. The number of para-hydroxylation sites is 1. The first-order valence-electron chi connectivity index (χ1n) is 8.90. The van der Waals surface area contributed by atoms with E-state index in [1.807, 2.05) is 48.7 Å². The molecule has 2 aromatic rings. The molecule has 2 rings (SSSR count). The highest BCUT2D eigenvalue weighted by molar-refractivity contribution is 5.80. The molecule has 0 aliphatic rings. The summed E-state index contributed by atoms with van der Waals surface area (Å²) >= 11 is 0. The Kier molecular flexibility index (Phi) is 8.22. The lowest BCUT2D eigenvalue weighted by atomic mass is 10.2. The summed E-state index contributed by atoms with van der Waals surface area (Å²) in [6, 6.07) is 13.5. The maximum Gasteiger partial charge on any atom is 0.306 e. The van der Waals surface area contributed by atoms with Crippen LogP contribution in [0.25, 0.3) is 5.69 Å². The van der Waals surface area contributed by atoms with Crippen LogP contribution in [-0.4, -0.2) is 46.3 Å². The van der Waals surface area contributed by atoms with Crippen LogP contribution in [-0.2, 0) is 20.7 Å². The average Bonchev–Trinajstić information content (AvgIpc) is 3.20. The zero-order valence-corrected chi connectivity index (χ0v) is 15.5. The molecule has 0 saturated heterocycles. The van der Waals surface area contributed by atoms with E-state index in [-0.39, 0.29) is 39.0 Å². The second kappa shape index (κ2) is 11.1. The molecule has 0 atom stereocenters. The molecule has 1 amide bonds. The van der Waals surface area contributed by atoms with Gasteiger partial charge in [-0.25, -0.2) is 4.68 Å². The number of hydrogen-bond donors (Lipinski definition) is 0. The van der Waals surface area contributed by atoms with Crippen molar-refractivity contribution in [3.63, 3.8) is 0 Å². The number of aryl methyl sites for hydroxylation is 1. The minimum absolute atomic E-state index is 0.129. The SMILES string of the molecule is N#CCCN(CCC#N)C(=O)COC(=O)CCc1cnn(-c2ccccc2)c1. The summed E-state index contributed by atoms with van der Waals surface area (Å²) in [6.07, 6.45) is 4.44. The summed E-state index contributed by atoms with van der Waals surface area (Å²) in [5.74, 6) is -0.892. The smallest absolute Gasteiger partial charge is 0.306 e. The molecule has 28 heavy (non-hydrogen) atoms. The highest BCUT2D eigenvalue weighted by Gasteiger charge is 2.15. The summed E-state index contributed by atoms with van der Waals surface area (Å²) in [7, 11) is 0. The number of hydrogen-bond acceptors (Lipinski definition) is 6. The van der Waals surface area contributed by atoms with E-state index >= 15 is 0 Å². The number of esters is 1. The van der Waals surface area contributed by atoms with Gasteiger partial charge in [0.1, 0.15) is 0 Å². The molecule has 0 N–H and O–H groups in total. The Hall–Kier alpha value is -3.65. The van der Waals surface area contributed by atoms with E-state index in [9.17, 15) is 9.59 Å². The van der Waals surface area contributed by atoms with Crippen molar-refractivity contribution in [2.45, 2.75) is 25.7 Å². The van der Waals surface area contributed by atoms with Crippen molar-refractivity contribution in [3.05, 3.63) is 48.3 Å². The third kappa shape index (κ3) is 6.58. The molecular weight excluding hydrogens is 358 g/mol. The Balaban J connectivity index is 1.77. The number of ether oxygens (including phenoxy) is 1. The van der Waals surface area contributed by atoms with Crippen molar-refractivity contribution >= 4 is 11.9 Å². The topological polar surface area (TPSA) is 112 Å². The molecule has 0 unspecified atom stereocenters. The number of aromatic nitrogens is 2. The number of nitrogens with zero attached hydrogens (tertiary/aromatic N) is 5. The van der Waals surface area contributed by atoms with Gasteiger partial charge in [0.2, 0.25) is 0 Å². The molecule has 8 nitrogen and oxygen atoms in total. The van der Waals surface area contributed by atoms with Gasteiger partial charge in [-0.2, -0.15) is 15.6 Å². The van der Waals surface area contributed by atoms with E-state index in [1.165, 1.54) is 4.90 Å². The van der Waals surface area contributed by atoms with Gasteiger partial charge >= 0.3 is 5.97 Å². The minimum atomic E-state index is -0.485. The predicted octanol–water partition coefficient (Wildman–Crippen LogP) is 2.00. The van der Waals surface area contributed by atoms with E-state index in [4.69, 9.17) is 15.3 Å². The van der Waals surface area contributed by atoms with Crippen LogP contribution in [0, 0.1) is 22.7 Å². The van der Waals surface area contributed by atoms with Gasteiger partial charge in [-0.05, 0) is 24.1 Å². The Morgan fingerprint density at radius 1 is 1.11 bits per heavy atom. The zero-order valence-electron chi connectivity index (χ0n) is 15.5. The number of nitriles is 2. The molecule has 0 radical (unpaired) electrons. The summed E-state index contributed by atoms with van der Waals surface area (Å²) in [5.41, 5.74) is 1.81. The van der Waals surface area contributed by atoms with Crippen molar-refractivity contribution in [2.75, 3.05) is 19.7 Å². The fraction of sp³-hybridized carbons (Fsp3) is 0.350. The van der Waals surface area contributed by atoms with Crippen LogP contribution in [0.15, 0.2) is 42.7 Å². The lowest BCUT2D eigenvalue weighted by Gasteiger charge is -2.20. The van der Waals surface area contributed by atoms with E-state index in [0.717, 1.165) is 11.3 Å². The highest BCUT2D eigenvalue weighted by atomic mass is 16.5. The number of carbonyl (C=O) groups is 2. The fourth-order valence-corrected chi connectivity index (χ4v) is 2.49. The first kappa shape index (κ1) is 20.7. The summed E-state index contributed by atoms with van der Waals surface area (Å²) in [4.78, 5) is 25.4. The van der Waals surface area contributed by atoms with Crippen LogP contribution in [0.4, 0.5) is 0 Å². The molecule has 0 spiro atoms. The van der Waals surface area contributed by atoms with Crippen LogP contribution in [0.1, 0.15) is 24.8 Å². The Morgan fingerprint density at radius 3 is 2.43 bits per heavy atom. The van der Waals surface area contributed by atoms with Crippen LogP contribution >= 0.6 is 0 Å². The van der Waals surface area contributed by atoms with Crippen molar-refractivity contribution in [2.24, 2.45) is 0 Å². The predicted molar refractivity (Wildman–Crippen MR) is 99.9 cm³/mol. The molecule has 1 aromatic heterocycles. The normalized spacial score (nSPS) is 9.93. The van der Waals surface area contributed by atoms with Crippen LogP contribution in [0.3, 0.4) is 0 Å². The van der Waals surface area contributed by atoms with Gasteiger partial charge in [0.05, 0.1) is 36.9 Å².